The summed E-state index contributed by atoms with van der Waals surface area (Å²) in [4.78, 5) is 1.48. The van der Waals surface area contributed by atoms with Crippen LogP contribution in [0.4, 0.5) is 20.2 Å². The normalized spacial score (nSPS) is 10.4. The SMILES string of the molecule is CN(c1ccccc1)c1c(F)cc(CN)cc1F. The van der Waals surface area contributed by atoms with Crippen molar-refractivity contribution >= 4 is 11.4 Å². The zero-order valence-corrected chi connectivity index (χ0v) is 10.0. The summed E-state index contributed by atoms with van der Waals surface area (Å²) in [6.07, 6.45) is 0. The van der Waals surface area contributed by atoms with Crippen LogP contribution in [0.1, 0.15) is 5.56 Å². The second-order valence-corrected chi connectivity index (χ2v) is 4.01. The van der Waals surface area contributed by atoms with Gasteiger partial charge in [0.15, 0.2) is 0 Å². The van der Waals surface area contributed by atoms with Crippen LogP contribution >= 0.6 is 0 Å². The van der Waals surface area contributed by atoms with Crippen molar-refractivity contribution < 1.29 is 8.78 Å². The Balaban J connectivity index is 2.45. The summed E-state index contributed by atoms with van der Waals surface area (Å²) in [5, 5.41) is 0. The minimum atomic E-state index is -0.609. The predicted octanol–water partition coefficient (Wildman–Crippen LogP) is 3.19. The van der Waals surface area contributed by atoms with Gasteiger partial charge < -0.3 is 10.6 Å². The molecule has 4 heteroatoms. The van der Waals surface area contributed by atoms with Crippen LogP contribution in [-0.4, -0.2) is 7.05 Å². The van der Waals surface area contributed by atoms with Crippen molar-refractivity contribution in [3.8, 4) is 0 Å². The minimum absolute atomic E-state index is 0.0709. The molecule has 2 aromatic carbocycles. The van der Waals surface area contributed by atoms with Gasteiger partial charge >= 0.3 is 0 Å². The Morgan fingerprint density at radius 2 is 1.61 bits per heavy atom. The topological polar surface area (TPSA) is 29.3 Å². The Hall–Kier alpha value is -1.94. The number of hydrogen-bond donors (Lipinski definition) is 1. The highest BCUT2D eigenvalue weighted by atomic mass is 19.1. The van der Waals surface area contributed by atoms with Crippen LogP contribution in [0.5, 0.6) is 0 Å². The fourth-order valence-corrected chi connectivity index (χ4v) is 1.84. The highest BCUT2D eigenvalue weighted by molar-refractivity contribution is 5.63. The number of rotatable bonds is 3. The lowest BCUT2D eigenvalue weighted by molar-refractivity contribution is 0.580. The van der Waals surface area contributed by atoms with E-state index < -0.39 is 11.6 Å². The summed E-state index contributed by atoms with van der Waals surface area (Å²) in [6, 6.07) is 11.6. The van der Waals surface area contributed by atoms with Gasteiger partial charge in [-0.05, 0) is 29.8 Å². The molecule has 18 heavy (non-hydrogen) atoms. The Kier molecular flexibility index (Phi) is 3.58. The molecular formula is C14H14F2N2. The van der Waals surface area contributed by atoms with Crippen LogP contribution in [0.15, 0.2) is 42.5 Å². The number of benzene rings is 2. The van der Waals surface area contributed by atoms with Crippen LogP contribution in [0.2, 0.25) is 0 Å². The Morgan fingerprint density at radius 1 is 1.06 bits per heavy atom. The van der Waals surface area contributed by atoms with Gasteiger partial charge in [-0.15, -0.1) is 0 Å². The third-order valence-electron chi connectivity index (χ3n) is 2.79. The molecule has 0 fully saturated rings. The summed E-state index contributed by atoms with van der Waals surface area (Å²) < 4.78 is 27.8. The molecule has 0 bridgehead atoms. The molecule has 0 atom stereocenters. The average Bonchev–Trinajstić information content (AvgIpc) is 2.38. The molecular weight excluding hydrogens is 234 g/mol. The van der Waals surface area contributed by atoms with Crippen molar-refractivity contribution in [1.82, 2.24) is 0 Å². The maximum atomic E-state index is 13.9. The van der Waals surface area contributed by atoms with E-state index in [0.717, 1.165) is 5.69 Å². The van der Waals surface area contributed by atoms with Crippen LogP contribution < -0.4 is 10.6 Å². The maximum absolute atomic E-state index is 13.9. The first kappa shape index (κ1) is 12.5. The number of halogens is 2. The van der Waals surface area contributed by atoms with E-state index in [0.29, 0.717) is 5.56 Å². The van der Waals surface area contributed by atoms with Crippen molar-refractivity contribution in [1.29, 1.82) is 0 Å². The molecule has 0 saturated carbocycles. The van der Waals surface area contributed by atoms with Gasteiger partial charge in [0.2, 0.25) is 0 Å². The lowest BCUT2D eigenvalue weighted by atomic mass is 10.1. The van der Waals surface area contributed by atoms with Crippen molar-refractivity contribution in [2.75, 3.05) is 11.9 Å². The van der Waals surface area contributed by atoms with Gasteiger partial charge in [0.05, 0.1) is 0 Å². The summed E-state index contributed by atoms with van der Waals surface area (Å²) in [7, 11) is 1.62. The summed E-state index contributed by atoms with van der Waals surface area (Å²) in [5.41, 5.74) is 6.47. The van der Waals surface area contributed by atoms with E-state index in [-0.39, 0.29) is 12.2 Å². The highest BCUT2D eigenvalue weighted by Crippen LogP contribution is 2.29. The third-order valence-corrected chi connectivity index (χ3v) is 2.79. The molecule has 2 N–H and O–H groups in total. The largest absolute Gasteiger partial charge is 0.340 e. The Bertz CT molecular complexity index is 518. The lowest BCUT2D eigenvalue weighted by Crippen LogP contribution is -2.14. The van der Waals surface area contributed by atoms with Crippen LogP contribution in [0, 0.1) is 11.6 Å². The quantitative estimate of drug-likeness (QED) is 0.903. The molecule has 0 aromatic heterocycles. The number of hydrogen-bond acceptors (Lipinski definition) is 2. The van der Waals surface area contributed by atoms with E-state index in [1.165, 1.54) is 17.0 Å². The minimum Gasteiger partial charge on any atom is -0.340 e. The average molecular weight is 248 g/mol. The van der Waals surface area contributed by atoms with Crippen molar-refractivity contribution in [3.63, 3.8) is 0 Å². The standard InChI is InChI=1S/C14H14F2N2/c1-18(11-5-3-2-4-6-11)14-12(15)7-10(9-17)8-13(14)16/h2-8H,9,17H2,1H3. The molecule has 2 nitrogen and oxygen atoms in total. The molecule has 2 rings (SSSR count). The summed E-state index contributed by atoms with van der Waals surface area (Å²) >= 11 is 0. The number of para-hydroxylation sites is 1. The lowest BCUT2D eigenvalue weighted by Gasteiger charge is -2.21. The molecule has 0 aliphatic heterocycles. The Labute approximate surface area is 105 Å². The van der Waals surface area contributed by atoms with Gasteiger partial charge in [-0.1, -0.05) is 18.2 Å². The first-order valence-electron chi connectivity index (χ1n) is 5.60. The summed E-state index contributed by atoms with van der Waals surface area (Å²) in [5.74, 6) is -1.22. The smallest absolute Gasteiger partial charge is 0.150 e. The number of nitrogens with zero attached hydrogens (tertiary/aromatic N) is 1. The van der Waals surface area contributed by atoms with Gasteiger partial charge in [0.25, 0.3) is 0 Å². The monoisotopic (exact) mass is 248 g/mol. The van der Waals surface area contributed by atoms with Gasteiger partial charge in [0.1, 0.15) is 17.3 Å². The second-order valence-electron chi connectivity index (χ2n) is 4.01. The van der Waals surface area contributed by atoms with Crippen LogP contribution in [-0.2, 0) is 6.54 Å². The first-order chi connectivity index (χ1) is 8.63. The van der Waals surface area contributed by atoms with Crippen molar-refractivity contribution in [2.45, 2.75) is 6.54 Å². The second kappa shape index (κ2) is 5.14. The molecule has 0 aliphatic rings. The maximum Gasteiger partial charge on any atom is 0.150 e. The van der Waals surface area contributed by atoms with E-state index in [1.807, 2.05) is 18.2 Å². The zero-order valence-electron chi connectivity index (χ0n) is 10.0. The van der Waals surface area contributed by atoms with E-state index >= 15 is 0 Å². The molecule has 0 saturated heterocycles. The van der Waals surface area contributed by atoms with Gasteiger partial charge in [-0.3, -0.25) is 0 Å². The molecule has 2 aromatic rings. The molecule has 0 heterocycles. The van der Waals surface area contributed by atoms with Gasteiger partial charge in [0, 0.05) is 19.3 Å². The predicted molar refractivity (Wildman–Crippen MR) is 68.8 cm³/mol. The van der Waals surface area contributed by atoms with Crippen molar-refractivity contribution in [3.05, 3.63) is 59.7 Å². The molecule has 0 aliphatic carbocycles. The molecule has 0 spiro atoms. The zero-order chi connectivity index (χ0) is 13.1. The fourth-order valence-electron chi connectivity index (χ4n) is 1.84. The molecule has 94 valence electrons. The van der Waals surface area contributed by atoms with Gasteiger partial charge in [-0.2, -0.15) is 0 Å². The molecule has 0 amide bonds. The molecule has 0 radical (unpaired) electrons. The Morgan fingerprint density at radius 3 is 2.11 bits per heavy atom. The van der Waals surface area contributed by atoms with Crippen molar-refractivity contribution in [2.24, 2.45) is 5.73 Å². The third kappa shape index (κ3) is 2.33. The van der Waals surface area contributed by atoms with Crippen LogP contribution in [0.25, 0.3) is 0 Å². The number of anilines is 2. The van der Waals surface area contributed by atoms with E-state index in [4.69, 9.17) is 5.73 Å². The summed E-state index contributed by atoms with van der Waals surface area (Å²) in [6.45, 7) is 0.114. The van der Waals surface area contributed by atoms with Gasteiger partial charge in [-0.25, -0.2) is 8.78 Å². The highest BCUT2D eigenvalue weighted by Gasteiger charge is 2.16. The van der Waals surface area contributed by atoms with Crippen LogP contribution in [0.3, 0.4) is 0 Å². The van der Waals surface area contributed by atoms with E-state index in [2.05, 4.69) is 0 Å². The van der Waals surface area contributed by atoms with E-state index in [1.54, 1.807) is 19.2 Å². The van der Waals surface area contributed by atoms with E-state index in [9.17, 15) is 8.78 Å². The molecule has 0 unspecified atom stereocenters. The number of nitrogens with two attached hydrogens (primary N) is 1. The first-order valence-corrected chi connectivity index (χ1v) is 5.60. The fraction of sp³-hybridized carbons (Fsp3) is 0.143.